The lowest BCUT2D eigenvalue weighted by Gasteiger charge is -2.04. The monoisotopic (exact) mass is 219 g/mol. The molecule has 0 saturated heterocycles. The molecule has 0 saturated carbocycles. The van der Waals surface area contributed by atoms with Crippen LogP contribution in [0.25, 0.3) is 6.08 Å². The molecule has 1 heterocycles. The number of carbonyl (C=O) groups excluding carboxylic acids is 1. The summed E-state index contributed by atoms with van der Waals surface area (Å²) in [5, 5.41) is 0. The standard InChI is InChI=1S/C16H11O/c1-3-7-14-11(5-1)9-13-10-12-6-2-4-8-15(12)17-16(13)14/h1-9H,10H2/q+1. The van der Waals surface area contributed by atoms with Gasteiger partial charge in [0.1, 0.15) is 0 Å². The van der Waals surface area contributed by atoms with Crippen molar-refractivity contribution in [3.63, 3.8) is 0 Å². The fraction of sp³-hybridized carbons (Fsp3) is 0.0625. The van der Waals surface area contributed by atoms with Crippen LogP contribution in [0, 0.1) is 0 Å². The molecule has 0 fully saturated rings. The van der Waals surface area contributed by atoms with Gasteiger partial charge in [-0.2, -0.15) is 0 Å². The predicted molar refractivity (Wildman–Crippen MR) is 68.3 cm³/mol. The van der Waals surface area contributed by atoms with Crippen LogP contribution in [-0.4, -0.2) is 5.78 Å². The molecule has 0 unspecified atom stereocenters. The van der Waals surface area contributed by atoms with Gasteiger partial charge in [0.25, 0.3) is 0 Å². The fourth-order valence-corrected chi connectivity index (χ4v) is 2.57. The summed E-state index contributed by atoms with van der Waals surface area (Å²) >= 11 is 0. The highest BCUT2D eigenvalue weighted by Gasteiger charge is 2.35. The smallest absolute Gasteiger partial charge is 0.207 e. The molecule has 0 spiro atoms. The zero-order valence-corrected chi connectivity index (χ0v) is 9.31. The topological polar surface area (TPSA) is 11.3 Å². The second kappa shape index (κ2) is 3.17. The van der Waals surface area contributed by atoms with Gasteiger partial charge in [-0.25, -0.2) is 4.42 Å². The van der Waals surface area contributed by atoms with Gasteiger partial charge in [-0.3, -0.25) is 0 Å². The van der Waals surface area contributed by atoms with Crippen LogP contribution in [0.15, 0.2) is 54.1 Å². The Bertz CT molecular complexity index is 677. The van der Waals surface area contributed by atoms with Crippen LogP contribution in [0.5, 0.6) is 5.75 Å². The number of para-hydroxylation sites is 1. The molecule has 0 atom stereocenters. The van der Waals surface area contributed by atoms with Gasteiger partial charge in [0.05, 0.1) is 16.7 Å². The molecular weight excluding hydrogens is 208 g/mol. The number of benzene rings is 2. The van der Waals surface area contributed by atoms with Crippen molar-refractivity contribution in [3.05, 3.63) is 70.8 Å². The molecule has 0 bridgehead atoms. The first kappa shape index (κ1) is 8.94. The highest BCUT2D eigenvalue weighted by molar-refractivity contribution is 6.18. The first-order chi connectivity index (χ1) is 8.42. The van der Waals surface area contributed by atoms with Crippen LogP contribution < -0.4 is 0 Å². The molecule has 0 aromatic heterocycles. The Morgan fingerprint density at radius 1 is 0.882 bits per heavy atom. The van der Waals surface area contributed by atoms with E-state index in [0.29, 0.717) is 0 Å². The Labute approximate surface area is 99.7 Å². The molecule has 0 N–H and O–H groups in total. The summed E-state index contributed by atoms with van der Waals surface area (Å²) in [6.07, 6.45) is 3.21. The van der Waals surface area contributed by atoms with E-state index in [1.165, 1.54) is 22.3 Å². The molecule has 4 rings (SSSR count). The van der Waals surface area contributed by atoms with Gasteiger partial charge in [-0.05, 0) is 23.8 Å². The van der Waals surface area contributed by atoms with Gasteiger partial charge < -0.3 is 0 Å². The molecule has 1 aliphatic carbocycles. The van der Waals surface area contributed by atoms with Crippen LogP contribution >= 0.6 is 0 Å². The number of ketones is 1. The van der Waals surface area contributed by atoms with Crippen LogP contribution in [0.4, 0.5) is 0 Å². The van der Waals surface area contributed by atoms with Crippen LogP contribution in [0.2, 0.25) is 0 Å². The highest BCUT2D eigenvalue weighted by atomic mass is 16.4. The van der Waals surface area contributed by atoms with E-state index in [9.17, 15) is 0 Å². The van der Waals surface area contributed by atoms with E-state index < -0.39 is 0 Å². The van der Waals surface area contributed by atoms with Crippen LogP contribution in [-0.2, 0) is 6.42 Å². The third-order valence-corrected chi connectivity index (χ3v) is 3.39. The molecule has 1 nitrogen and oxygen atoms in total. The third-order valence-electron chi connectivity index (χ3n) is 3.39. The Morgan fingerprint density at radius 2 is 1.71 bits per heavy atom. The number of rotatable bonds is 0. The molecule has 80 valence electrons. The summed E-state index contributed by atoms with van der Waals surface area (Å²) in [4.78, 5) is 0. The summed E-state index contributed by atoms with van der Waals surface area (Å²) in [5.74, 6) is 2.04. The Kier molecular flexibility index (Phi) is 1.67. The highest BCUT2D eigenvalue weighted by Crippen LogP contribution is 2.36. The largest absolute Gasteiger partial charge is 0.364 e. The van der Waals surface area contributed by atoms with Crippen molar-refractivity contribution in [2.75, 3.05) is 0 Å². The third kappa shape index (κ3) is 1.22. The van der Waals surface area contributed by atoms with E-state index in [2.05, 4.69) is 42.5 Å². The van der Waals surface area contributed by atoms with Crippen molar-refractivity contribution in [1.82, 2.24) is 0 Å². The van der Waals surface area contributed by atoms with Crippen LogP contribution in [0.1, 0.15) is 21.1 Å². The Morgan fingerprint density at radius 3 is 2.71 bits per heavy atom. The maximum absolute atomic E-state index is 6.03. The molecule has 17 heavy (non-hydrogen) atoms. The lowest BCUT2D eigenvalue weighted by atomic mass is 9.99. The average molecular weight is 219 g/mol. The zero-order chi connectivity index (χ0) is 11.2. The zero-order valence-electron chi connectivity index (χ0n) is 9.31. The summed E-state index contributed by atoms with van der Waals surface area (Å²) in [6.45, 7) is 0. The second-order valence-electron chi connectivity index (χ2n) is 4.47. The van der Waals surface area contributed by atoms with Crippen molar-refractivity contribution in [1.29, 1.82) is 0 Å². The molecule has 0 amide bonds. The second-order valence-corrected chi connectivity index (χ2v) is 4.47. The lowest BCUT2D eigenvalue weighted by Crippen LogP contribution is -2.07. The fourth-order valence-electron chi connectivity index (χ4n) is 2.57. The Balaban J connectivity index is 1.97. The summed E-state index contributed by atoms with van der Waals surface area (Å²) < 4.78 is 6.03. The van der Waals surface area contributed by atoms with Gasteiger partial charge in [0, 0.05) is 12.5 Å². The first-order valence-electron chi connectivity index (χ1n) is 5.85. The molecule has 2 aliphatic rings. The van der Waals surface area contributed by atoms with Gasteiger partial charge in [0.2, 0.25) is 0 Å². The summed E-state index contributed by atoms with van der Waals surface area (Å²) in [5.41, 5.74) is 5.06. The minimum atomic E-state index is 0.972. The van der Waals surface area contributed by atoms with E-state index in [4.69, 9.17) is 4.42 Å². The van der Waals surface area contributed by atoms with E-state index in [1.54, 1.807) is 0 Å². The van der Waals surface area contributed by atoms with Crippen molar-refractivity contribution in [2.45, 2.75) is 6.42 Å². The number of hydrogen-bond donors (Lipinski definition) is 0. The number of hydrogen-bond acceptors (Lipinski definition) is 0. The normalized spacial score (nSPS) is 15.5. The van der Waals surface area contributed by atoms with Gasteiger partial charge >= 0.3 is 11.5 Å². The maximum atomic E-state index is 6.03. The molecule has 1 aliphatic heterocycles. The number of allylic oxidation sites excluding steroid dienone is 1. The molecule has 2 aromatic carbocycles. The molecular formula is C16H11O+. The minimum absolute atomic E-state index is 0.972. The number of fused-ring (bicyclic) bond motifs is 4. The molecule has 1 heteroatoms. The van der Waals surface area contributed by atoms with Gasteiger partial charge in [-0.1, -0.05) is 30.3 Å². The quantitative estimate of drug-likeness (QED) is 0.597. The maximum Gasteiger partial charge on any atom is 0.364 e. The van der Waals surface area contributed by atoms with E-state index >= 15 is 0 Å². The van der Waals surface area contributed by atoms with E-state index in [1.807, 2.05) is 12.1 Å². The van der Waals surface area contributed by atoms with E-state index in [0.717, 1.165) is 18.0 Å². The van der Waals surface area contributed by atoms with Crippen molar-refractivity contribution >= 4 is 11.9 Å². The minimum Gasteiger partial charge on any atom is -0.207 e. The average Bonchev–Trinajstić information content (AvgIpc) is 2.73. The molecule has 0 radical (unpaired) electrons. The van der Waals surface area contributed by atoms with Crippen molar-refractivity contribution in [2.24, 2.45) is 0 Å². The first-order valence-corrected chi connectivity index (χ1v) is 5.85. The van der Waals surface area contributed by atoms with E-state index in [-0.39, 0.29) is 0 Å². The molecule has 2 aromatic rings. The summed E-state index contributed by atoms with van der Waals surface area (Å²) in [6, 6.07) is 16.7. The Hall–Kier alpha value is -2.15. The van der Waals surface area contributed by atoms with Crippen molar-refractivity contribution < 1.29 is 4.42 Å². The van der Waals surface area contributed by atoms with Crippen LogP contribution in [0.3, 0.4) is 0 Å². The summed E-state index contributed by atoms with van der Waals surface area (Å²) in [7, 11) is 0. The van der Waals surface area contributed by atoms with Crippen molar-refractivity contribution in [3.8, 4) is 5.75 Å². The lowest BCUT2D eigenvalue weighted by molar-refractivity contribution is -0.168. The van der Waals surface area contributed by atoms with Gasteiger partial charge in [-0.15, -0.1) is 0 Å². The SMILES string of the molecule is C1=C2Cc3ccccc3[O+]=C2c2ccccc21. The predicted octanol–water partition coefficient (Wildman–Crippen LogP) is 3.77. The van der Waals surface area contributed by atoms with Gasteiger partial charge in [0.15, 0.2) is 0 Å².